The molecule has 172 valence electrons. The summed E-state index contributed by atoms with van der Waals surface area (Å²) < 4.78 is 21.4. The predicted molar refractivity (Wildman–Crippen MR) is 129 cm³/mol. The van der Waals surface area contributed by atoms with Crippen molar-refractivity contribution in [2.75, 3.05) is 48.5 Å². The van der Waals surface area contributed by atoms with Crippen molar-refractivity contribution >= 4 is 36.0 Å². The van der Waals surface area contributed by atoms with E-state index >= 15 is 0 Å². The summed E-state index contributed by atoms with van der Waals surface area (Å²) in [5.74, 6) is 2.33. The molecule has 2 N–H and O–H groups in total. The van der Waals surface area contributed by atoms with E-state index in [1.807, 2.05) is 32.9 Å². The molecular formula is C20H35IN4O5. The second kappa shape index (κ2) is 13.2. The fourth-order valence-electron chi connectivity index (χ4n) is 2.42. The molecule has 0 bridgehead atoms. The van der Waals surface area contributed by atoms with Crippen LogP contribution in [0.15, 0.2) is 17.1 Å². The minimum atomic E-state index is -0.517. The van der Waals surface area contributed by atoms with Crippen molar-refractivity contribution in [1.82, 2.24) is 15.5 Å². The Morgan fingerprint density at radius 1 is 1.07 bits per heavy atom. The van der Waals surface area contributed by atoms with Crippen molar-refractivity contribution < 1.29 is 23.7 Å². The lowest BCUT2D eigenvalue weighted by atomic mass is 10.2. The van der Waals surface area contributed by atoms with E-state index in [1.54, 1.807) is 35.4 Å². The van der Waals surface area contributed by atoms with Gasteiger partial charge in [0.05, 0.1) is 21.3 Å². The number of methoxy groups -OCH3 is 3. The lowest BCUT2D eigenvalue weighted by Gasteiger charge is -2.25. The van der Waals surface area contributed by atoms with Crippen molar-refractivity contribution in [2.45, 2.75) is 32.9 Å². The monoisotopic (exact) mass is 538 g/mol. The maximum absolute atomic E-state index is 12.0. The van der Waals surface area contributed by atoms with Crippen molar-refractivity contribution in [3.05, 3.63) is 17.7 Å². The van der Waals surface area contributed by atoms with Gasteiger partial charge in [0.15, 0.2) is 17.5 Å². The summed E-state index contributed by atoms with van der Waals surface area (Å²) in [6.45, 7) is 7.01. The number of aliphatic imine (C=N–C) groups is 1. The van der Waals surface area contributed by atoms with Crippen LogP contribution in [0.25, 0.3) is 0 Å². The van der Waals surface area contributed by atoms with E-state index in [4.69, 9.17) is 18.9 Å². The number of nitrogens with one attached hydrogen (secondary N) is 2. The van der Waals surface area contributed by atoms with Crippen LogP contribution in [0.4, 0.5) is 4.79 Å². The van der Waals surface area contributed by atoms with Crippen LogP contribution in [0.3, 0.4) is 0 Å². The summed E-state index contributed by atoms with van der Waals surface area (Å²) in [6.07, 6.45) is -0.361. The highest BCUT2D eigenvalue weighted by atomic mass is 127. The summed E-state index contributed by atoms with van der Waals surface area (Å²) in [5.41, 5.74) is 0.421. The Morgan fingerprint density at radius 2 is 1.63 bits per heavy atom. The van der Waals surface area contributed by atoms with Crippen LogP contribution in [0, 0.1) is 0 Å². The van der Waals surface area contributed by atoms with Crippen molar-refractivity contribution in [1.29, 1.82) is 0 Å². The SMILES string of the molecule is CN=C(NCCN(C)C(=O)OC(C)(C)C)NCc1cc(OC)c(OC)c(OC)c1.I. The smallest absolute Gasteiger partial charge is 0.410 e. The minimum Gasteiger partial charge on any atom is -0.493 e. The van der Waals surface area contributed by atoms with E-state index < -0.39 is 5.60 Å². The maximum Gasteiger partial charge on any atom is 0.410 e. The van der Waals surface area contributed by atoms with Gasteiger partial charge in [-0.1, -0.05) is 0 Å². The number of rotatable bonds is 8. The quantitative estimate of drug-likeness (QED) is 0.299. The van der Waals surface area contributed by atoms with Crippen LogP contribution in [0.1, 0.15) is 26.3 Å². The molecule has 0 saturated carbocycles. The summed E-state index contributed by atoms with van der Waals surface area (Å²) in [5, 5.41) is 6.39. The Labute approximate surface area is 196 Å². The number of halogens is 1. The molecule has 0 fully saturated rings. The lowest BCUT2D eigenvalue weighted by Crippen LogP contribution is -2.42. The second-order valence-electron chi connectivity index (χ2n) is 7.29. The molecular weight excluding hydrogens is 503 g/mol. The number of nitrogens with zero attached hydrogens (tertiary/aromatic N) is 2. The molecule has 0 saturated heterocycles. The van der Waals surface area contributed by atoms with E-state index in [0.29, 0.717) is 42.8 Å². The lowest BCUT2D eigenvalue weighted by molar-refractivity contribution is 0.0302. The van der Waals surface area contributed by atoms with Gasteiger partial charge in [-0.25, -0.2) is 4.79 Å². The molecule has 9 nitrogen and oxygen atoms in total. The van der Waals surface area contributed by atoms with Gasteiger partial charge in [0.2, 0.25) is 5.75 Å². The first-order chi connectivity index (χ1) is 13.6. The molecule has 0 unspecified atom stereocenters. The van der Waals surface area contributed by atoms with Gasteiger partial charge >= 0.3 is 6.09 Å². The van der Waals surface area contributed by atoms with E-state index in [0.717, 1.165) is 5.56 Å². The van der Waals surface area contributed by atoms with E-state index in [9.17, 15) is 4.79 Å². The van der Waals surface area contributed by atoms with Crippen LogP contribution in [0.5, 0.6) is 17.2 Å². The molecule has 10 heteroatoms. The van der Waals surface area contributed by atoms with Gasteiger partial charge in [-0.3, -0.25) is 4.99 Å². The normalized spacial score (nSPS) is 11.1. The molecule has 0 spiro atoms. The molecule has 1 aromatic carbocycles. The highest BCUT2D eigenvalue weighted by Crippen LogP contribution is 2.38. The largest absolute Gasteiger partial charge is 0.493 e. The summed E-state index contributed by atoms with van der Waals surface area (Å²) >= 11 is 0. The summed E-state index contributed by atoms with van der Waals surface area (Å²) in [6, 6.07) is 3.75. The topological polar surface area (TPSA) is 93.7 Å². The highest BCUT2D eigenvalue weighted by Gasteiger charge is 2.19. The Morgan fingerprint density at radius 3 is 2.07 bits per heavy atom. The number of ether oxygens (including phenoxy) is 4. The summed E-state index contributed by atoms with van der Waals surface area (Å²) in [7, 11) is 8.11. The standard InChI is InChI=1S/C20H34N4O5.HI/c1-20(2,3)29-19(25)24(5)10-9-22-18(21-4)23-13-14-11-15(26-6)17(28-8)16(12-14)27-7;/h11-12H,9-10,13H2,1-8H3,(H2,21,22,23);1H. The van der Waals surface area contributed by atoms with Gasteiger partial charge in [0, 0.05) is 33.7 Å². The van der Waals surface area contributed by atoms with Gasteiger partial charge < -0.3 is 34.5 Å². The first-order valence-electron chi connectivity index (χ1n) is 9.32. The zero-order valence-electron chi connectivity index (χ0n) is 19.1. The minimum absolute atomic E-state index is 0. The Hall–Kier alpha value is -2.11. The van der Waals surface area contributed by atoms with Gasteiger partial charge in [-0.2, -0.15) is 0 Å². The molecule has 1 aromatic rings. The van der Waals surface area contributed by atoms with Crippen LogP contribution in [0.2, 0.25) is 0 Å². The van der Waals surface area contributed by atoms with Crippen LogP contribution in [-0.2, 0) is 11.3 Å². The van der Waals surface area contributed by atoms with E-state index in [1.165, 1.54) is 4.90 Å². The fourth-order valence-corrected chi connectivity index (χ4v) is 2.42. The molecule has 0 aromatic heterocycles. The maximum atomic E-state index is 12.0. The number of hydrogen-bond donors (Lipinski definition) is 2. The molecule has 0 aliphatic rings. The first-order valence-corrected chi connectivity index (χ1v) is 9.32. The molecule has 1 rings (SSSR count). The number of amides is 1. The highest BCUT2D eigenvalue weighted by molar-refractivity contribution is 14.0. The first kappa shape index (κ1) is 27.9. The third kappa shape index (κ3) is 9.14. The van der Waals surface area contributed by atoms with Gasteiger partial charge in [0.1, 0.15) is 5.60 Å². The Bertz CT molecular complexity index is 682. The van der Waals surface area contributed by atoms with Gasteiger partial charge in [0.25, 0.3) is 0 Å². The second-order valence-corrected chi connectivity index (χ2v) is 7.29. The van der Waals surface area contributed by atoms with Gasteiger partial charge in [-0.05, 0) is 38.5 Å². The Balaban J connectivity index is 0.00000841. The van der Waals surface area contributed by atoms with Crippen molar-refractivity contribution in [3.8, 4) is 17.2 Å². The number of guanidine groups is 1. The predicted octanol–water partition coefficient (Wildman–Crippen LogP) is 2.86. The van der Waals surface area contributed by atoms with E-state index in [2.05, 4.69) is 15.6 Å². The van der Waals surface area contributed by atoms with Crippen LogP contribution < -0.4 is 24.8 Å². The third-order valence-electron chi connectivity index (χ3n) is 3.85. The van der Waals surface area contributed by atoms with Crippen molar-refractivity contribution in [2.24, 2.45) is 4.99 Å². The number of carbonyl (C=O) groups is 1. The summed E-state index contributed by atoms with van der Waals surface area (Å²) in [4.78, 5) is 17.7. The molecule has 0 aliphatic carbocycles. The van der Waals surface area contributed by atoms with Crippen molar-refractivity contribution in [3.63, 3.8) is 0 Å². The fraction of sp³-hybridized carbons (Fsp3) is 0.600. The molecule has 0 radical (unpaired) electrons. The molecule has 30 heavy (non-hydrogen) atoms. The molecule has 0 heterocycles. The number of hydrogen-bond acceptors (Lipinski definition) is 6. The molecule has 0 aliphatic heterocycles. The Kier molecular flexibility index (Phi) is 12.3. The number of likely N-dealkylation sites (N-methyl/N-ethyl adjacent to an activating group) is 1. The zero-order chi connectivity index (χ0) is 22.0. The molecule has 0 atom stereocenters. The number of carbonyl (C=O) groups excluding carboxylic acids is 1. The number of benzene rings is 1. The zero-order valence-corrected chi connectivity index (χ0v) is 21.5. The molecule has 1 amide bonds. The van der Waals surface area contributed by atoms with E-state index in [-0.39, 0.29) is 30.1 Å². The van der Waals surface area contributed by atoms with Crippen LogP contribution in [-0.4, -0.2) is 71.1 Å². The third-order valence-corrected chi connectivity index (χ3v) is 3.85. The average Bonchev–Trinajstić information content (AvgIpc) is 2.67. The average molecular weight is 538 g/mol. The van der Waals surface area contributed by atoms with Crippen LogP contribution >= 0.6 is 24.0 Å². The van der Waals surface area contributed by atoms with Gasteiger partial charge in [-0.15, -0.1) is 24.0 Å².